The lowest BCUT2D eigenvalue weighted by Gasteiger charge is -2.04. The molecule has 5 nitrogen and oxygen atoms in total. The number of aromatic hydroxyl groups is 1. The Balaban J connectivity index is 1.69. The molecule has 0 aliphatic heterocycles. The minimum absolute atomic E-state index is 0.226. The molecule has 1 amide bonds. The van der Waals surface area contributed by atoms with Crippen molar-refractivity contribution in [2.45, 2.75) is 6.92 Å². The van der Waals surface area contributed by atoms with E-state index in [4.69, 9.17) is 4.42 Å². The summed E-state index contributed by atoms with van der Waals surface area (Å²) in [6.07, 6.45) is 3.06. The Morgan fingerprint density at radius 2 is 1.92 bits per heavy atom. The maximum atomic E-state index is 11.9. The van der Waals surface area contributed by atoms with E-state index in [-0.39, 0.29) is 17.4 Å². The normalized spacial score (nSPS) is 10.9. The number of phenols is 1. The molecule has 1 heterocycles. The van der Waals surface area contributed by atoms with Gasteiger partial charge in [-0.05, 0) is 55.0 Å². The lowest BCUT2D eigenvalue weighted by atomic mass is 10.1. The second-order valence-electron chi connectivity index (χ2n) is 5.25. The lowest BCUT2D eigenvalue weighted by Crippen LogP contribution is -2.10. The number of rotatable bonds is 4. The zero-order chi connectivity index (χ0) is 16.9. The van der Waals surface area contributed by atoms with Crippen LogP contribution in [0.1, 0.15) is 21.7 Å². The van der Waals surface area contributed by atoms with Crippen LogP contribution in [0.4, 0.5) is 11.4 Å². The summed E-state index contributed by atoms with van der Waals surface area (Å²) in [6.45, 7) is 1.84. The summed E-state index contributed by atoms with van der Waals surface area (Å²) < 4.78 is 5.04. The summed E-state index contributed by atoms with van der Waals surface area (Å²) >= 11 is 0. The van der Waals surface area contributed by atoms with Crippen LogP contribution in [-0.4, -0.2) is 17.2 Å². The van der Waals surface area contributed by atoms with Crippen molar-refractivity contribution in [1.29, 1.82) is 0 Å². The van der Waals surface area contributed by atoms with E-state index in [1.165, 1.54) is 6.26 Å². The van der Waals surface area contributed by atoms with Crippen LogP contribution < -0.4 is 5.32 Å². The van der Waals surface area contributed by atoms with Crippen molar-refractivity contribution in [2.75, 3.05) is 5.32 Å². The van der Waals surface area contributed by atoms with Crippen molar-refractivity contribution in [3.8, 4) is 5.75 Å². The van der Waals surface area contributed by atoms with E-state index in [2.05, 4.69) is 10.3 Å². The zero-order valence-corrected chi connectivity index (χ0v) is 13.1. The van der Waals surface area contributed by atoms with Crippen molar-refractivity contribution in [1.82, 2.24) is 0 Å². The van der Waals surface area contributed by atoms with Crippen LogP contribution in [0, 0.1) is 6.92 Å². The highest BCUT2D eigenvalue weighted by atomic mass is 16.3. The molecule has 120 valence electrons. The van der Waals surface area contributed by atoms with Crippen LogP contribution in [0.25, 0.3) is 0 Å². The molecule has 0 bridgehead atoms. The van der Waals surface area contributed by atoms with Crippen molar-refractivity contribution in [2.24, 2.45) is 4.99 Å². The number of carbonyl (C=O) groups is 1. The Bertz CT molecular complexity index is 866. The standard InChI is InChI=1S/C19H16N2O3/c1-13-4-2-5-14(18(13)22)12-20-15-7-9-16(10-8-15)21-19(23)17-6-3-11-24-17/h2-12,22H,1H3,(H,21,23). The average Bonchev–Trinajstić information content (AvgIpc) is 3.12. The third-order valence-corrected chi connectivity index (χ3v) is 3.49. The Hall–Kier alpha value is -3.34. The molecule has 0 radical (unpaired) electrons. The number of carbonyl (C=O) groups excluding carboxylic acids is 1. The molecule has 0 fully saturated rings. The molecule has 1 aromatic heterocycles. The monoisotopic (exact) mass is 320 g/mol. The number of hydrogen-bond acceptors (Lipinski definition) is 4. The third-order valence-electron chi connectivity index (χ3n) is 3.49. The van der Waals surface area contributed by atoms with E-state index >= 15 is 0 Å². The smallest absolute Gasteiger partial charge is 0.291 e. The van der Waals surface area contributed by atoms with E-state index in [0.29, 0.717) is 16.9 Å². The van der Waals surface area contributed by atoms with Gasteiger partial charge in [0.25, 0.3) is 5.91 Å². The number of furan rings is 1. The molecule has 5 heteroatoms. The Labute approximate surface area is 139 Å². The minimum atomic E-state index is -0.305. The molecule has 2 aromatic carbocycles. The van der Waals surface area contributed by atoms with Gasteiger partial charge in [-0.25, -0.2) is 0 Å². The first-order valence-electron chi connectivity index (χ1n) is 7.41. The molecular formula is C19H16N2O3. The van der Waals surface area contributed by atoms with E-state index in [0.717, 1.165) is 5.56 Å². The largest absolute Gasteiger partial charge is 0.507 e. The van der Waals surface area contributed by atoms with Gasteiger partial charge in [-0.2, -0.15) is 0 Å². The fourth-order valence-electron chi connectivity index (χ4n) is 2.16. The predicted molar refractivity (Wildman–Crippen MR) is 93.2 cm³/mol. The molecule has 0 unspecified atom stereocenters. The van der Waals surface area contributed by atoms with Gasteiger partial charge in [0.05, 0.1) is 12.0 Å². The van der Waals surface area contributed by atoms with Gasteiger partial charge in [0.15, 0.2) is 5.76 Å². The second-order valence-corrected chi connectivity index (χ2v) is 5.25. The number of aliphatic imine (C=N–C) groups is 1. The van der Waals surface area contributed by atoms with Gasteiger partial charge in [-0.15, -0.1) is 0 Å². The van der Waals surface area contributed by atoms with Crippen molar-refractivity contribution >= 4 is 23.5 Å². The van der Waals surface area contributed by atoms with Crippen LogP contribution in [0.15, 0.2) is 70.3 Å². The van der Waals surface area contributed by atoms with Crippen molar-refractivity contribution in [3.05, 3.63) is 77.7 Å². The number of amides is 1. The molecule has 0 spiro atoms. The van der Waals surface area contributed by atoms with Crippen LogP contribution in [0.2, 0.25) is 0 Å². The summed E-state index contributed by atoms with van der Waals surface area (Å²) in [5.41, 5.74) is 2.82. The summed E-state index contributed by atoms with van der Waals surface area (Å²) in [4.78, 5) is 16.2. The summed E-state index contributed by atoms with van der Waals surface area (Å²) in [5, 5.41) is 12.7. The van der Waals surface area contributed by atoms with E-state index in [1.807, 2.05) is 19.1 Å². The van der Waals surface area contributed by atoms with E-state index in [9.17, 15) is 9.90 Å². The number of para-hydroxylation sites is 1. The second kappa shape index (κ2) is 6.83. The molecule has 3 aromatic rings. The number of anilines is 1. The lowest BCUT2D eigenvalue weighted by molar-refractivity contribution is 0.0996. The van der Waals surface area contributed by atoms with Gasteiger partial charge in [-0.1, -0.05) is 12.1 Å². The number of hydrogen-bond donors (Lipinski definition) is 2. The SMILES string of the molecule is Cc1cccc(C=Nc2ccc(NC(=O)c3ccco3)cc2)c1O. The van der Waals surface area contributed by atoms with Crippen LogP contribution >= 0.6 is 0 Å². The highest BCUT2D eigenvalue weighted by Gasteiger charge is 2.08. The third kappa shape index (κ3) is 3.52. The van der Waals surface area contributed by atoms with Crippen LogP contribution in [0.3, 0.4) is 0 Å². The van der Waals surface area contributed by atoms with E-state index < -0.39 is 0 Å². The molecule has 0 aliphatic carbocycles. The van der Waals surface area contributed by atoms with Gasteiger partial charge in [0, 0.05) is 17.5 Å². The average molecular weight is 320 g/mol. The summed E-state index contributed by atoms with van der Waals surface area (Å²) in [7, 11) is 0. The summed E-state index contributed by atoms with van der Waals surface area (Å²) in [6, 6.07) is 15.8. The minimum Gasteiger partial charge on any atom is -0.507 e. The maximum Gasteiger partial charge on any atom is 0.291 e. The summed E-state index contributed by atoms with van der Waals surface area (Å²) in [5.74, 6) is 0.177. The fourth-order valence-corrected chi connectivity index (χ4v) is 2.16. The van der Waals surface area contributed by atoms with Crippen molar-refractivity contribution < 1.29 is 14.3 Å². The quantitative estimate of drug-likeness (QED) is 0.704. The predicted octanol–water partition coefficient (Wildman–Crippen LogP) is 4.30. The first-order valence-corrected chi connectivity index (χ1v) is 7.41. The molecule has 3 rings (SSSR count). The molecule has 0 atom stereocenters. The molecule has 0 saturated carbocycles. The Morgan fingerprint density at radius 1 is 1.12 bits per heavy atom. The number of nitrogens with one attached hydrogen (secondary N) is 1. The van der Waals surface area contributed by atoms with E-state index in [1.54, 1.807) is 48.7 Å². The van der Waals surface area contributed by atoms with Gasteiger partial charge < -0.3 is 14.8 Å². The highest BCUT2D eigenvalue weighted by Crippen LogP contribution is 2.21. The molecule has 24 heavy (non-hydrogen) atoms. The fraction of sp³-hybridized carbons (Fsp3) is 0.0526. The molecule has 0 aliphatic rings. The first kappa shape index (κ1) is 15.6. The van der Waals surface area contributed by atoms with Gasteiger partial charge in [-0.3, -0.25) is 9.79 Å². The van der Waals surface area contributed by atoms with Gasteiger partial charge in [0.2, 0.25) is 0 Å². The van der Waals surface area contributed by atoms with Crippen LogP contribution in [0.5, 0.6) is 5.75 Å². The Kier molecular flexibility index (Phi) is 4.43. The topological polar surface area (TPSA) is 74.8 Å². The van der Waals surface area contributed by atoms with Gasteiger partial charge in [0.1, 0.15) is 5.75 Å². The highest BCUT2D eigenvalue weighted by molar-refractivity contribution is 6.02. The molecule has 2 N–H and O–H groups in total. The van der Waals surface area contributed by atoms with Crippen LogP contribution in [-0.2, 0) is 0 Å². The number of benzene rings is 2. The molecular weight excluding hydrogens is 304 g/mol. The van der Waals surface area contributed by atoms with Gasteiger partial charge >= 0.3 is 0 Å². The molecule has 0 saturated heterocycles. The zero-order valence-electron chi connectivity index (χ0n) is 13.1. The number of aryl methyl sites for hydroxylation is 1. The maximum absolute atomic E-state index is 11.9. The number of nitrogens with zero attached hydrogens (tertiary/aromatic N) is 1. The van der Waals surface area contributed by atoms with Crippen molar-refractivity contribution in [3.63, 3.8) is 0 Å². The number of phenolic OH excluding ortho intramolecular Hbond substituents is 1. The Morgan fingerprint density at radius 3 is 2.62 bits per heavy atom. The first-order chi connectivity index (χ1) is 11.6.